The Hall–Kier alpha value is -0.540. The average molecular weight is 311 g/mol. The molecular weight excluding hydrogens is 288 g/mol. The fraction of sp³-hybridized carbons (Fsp3) is 0.600. The minimum absolute atomic E-state index is 0.523. The van der Waals surface area contributed by atoms with Crippen LogP contribution in [0.2, 0.25) is 0 Å². The summed E-state index contributed by atoms with van der Waals surface area (Å²) < 4.78 is 1.22. The van der Waals surface area contributed by atoms with Gasteiger partial charge in [-0.1, -0.05) is 35.8 Å². The molecule has 2 rings (SSSR count). The zero-order chi connectivity index (χ0) is 13.1. The van der Waals surface area contributed by atoms with E-state index in [0.29, 0.717) is 12.1 Å². The Balaban J connectivity index is 2.09. The lowest BCUT2D eigenvalue weighted by molar-refractivity contribution is 0.588. The number of hydrogen-bond acceptors (Lipinski definition) is 2. The van der Waals surface area contributed by atoms with Crippen LogP contribution >= 0.6 is 15.9 Å². The van der Waals surface area contributed by atoms with E-state index in [1.807, 2.05) is 0 Å². The Morgan fingerprint density at radius 2 is 2.22 bits per heavy atom. The lowest BCUT2D eigenvalue weighted by Crippen LogP contribution is -2.26. The predicted octanol–water partition coefficient (Wildman–Crippen LogP) is 3.94. The highest BCUT2D eigenvalue weighted by atomic mass is 79.9. The Morgan fingerprint density at radius 3 is 2.78 bits per heavy atom. The first-order chi connectivity index (χ1) is 8.58. The van der Waals surface area contributed by atoms with Gasteiger partial charge < -0.3 is 10.2 Å². The van der Waals surface area contributed by atoms with Gasteiger partial charge >= 0.3 is 0 Å². The highest BCUT2D eigenvalue weighted by Crippen LogP contribution is 2.29. The molecule has 0 bridgehead atoms. The largest absolute Gasteiger partial charge is 0.369 e. The van der Waals surface area contributed by atoms with Crippen molar-refractivity contribution in [2.75, 3.05) is 11.4 Å². The van der Waals surface area contributed by atoms with E-state index in [0.717, 1.165) is 6.54 Å². The molecule has 1 aromatic carbocycles. The summed E-state index contributed by atoms with van der Waals surface area (Å²) >= 11 is 3.70. The predicted molar refractivity (Wildman–Crippen MR) is 82.2 cm³/mol. The molecule has 1 atom stereocenters. The maximum absolute atomic E-state index is 3.70. The van der Waals surface area contributed by atoms with Crippen molar-refractivity contribution >= 4 is 21.6 Å². The van der Waals surface area contributed by atoms with Crippen LogP contribution in [0.1, 0.15) is 39.2 Å². The normalized spacial score (nSPS) is 19.8. The van der Waals surface area contributed by atoms with Crippen molar-refractivity contribution in [2.24, 2.45) is 0 Å². The molecule has 1 saturated heterocycles. The topological polar surface area (TPSA) is 15.3 Å². The molecule has 1 unspecified atom stereocenters. The molecule has 0 spiro atoms. The van der Waals surface area contributed by atoms with Crippen LogP contribution in [-0.4, -0.2) is 18.6 Å². The monoisotopic (exact) mass is 310 g/mol. The molecule has 1 aliphatic rings. The Labute approximate surface area is 119 Å². The second-order valence-electron chi connectivity index (χ2n) is 5.50. The zero-order valence-corrected chi connectivity index (χ0v) is 13.1. The summed E-state index contributed by atoms with van der Waals surface area (Å²) in [6, 6.07) is 7.95. The number of rotatable bonds is 4. The van der Waals surface area contributed by atoms with Crippen LogP contribution < -0.4 is 10.2 Å². The SMILES string of the molecule is CC(C)NCc1ccc(N2CCCC2C)cc1Br. The maximum Gasteiger partial charge on any atom is 0.0380 e. The van der Waals surface area contributed by atoms with Gasteiger partial charge in [-0.05, 0) is 37.5 Å². The number of nitrogens with zero attached hydrogens (tertiary/aromatic N) is 1. The second kappa shape index (κ2) is 6.07. The van der Waals surface area contributed by atoms with Crippen molar-refractivity contribution in [2.45, 2.75) is 52.2 Å². The van der Waals surface area contributed by atoms with E-state index >= 15 is 0 Å². The van der Waals surface area contributed by atoms with Gasteiger partial charge in [-0.25, -0.2) is 0 Å². The lowest BCUT2D eigenvalue weighted by Gasteiger charge is -2.24. The van der Waals surface area contributed by atoms with Crippen molar-refractivity contribution in [3.63, 3.8) is 0 Å². The van der Waals surface area contributed by atoms with E-state index in [4.69, 9.17) is 0 Å². The first-order valence-corrected chi connectivity index (χ1v) is 7.65. The summed E-state index contributed by atoms with van der Waals surface area (Å²) in [6.45, 7) is 8.78. The van der Waals surface area contributed by atoms with Crippen LogP contribution in [0.25, 0.3) is 0 Å². The van der Waals surface area contributed by atoms with Gasteiger partial charge in [-0.2, -0.15) is 0 Å². The van der Waals surface area contributed by atoms with Crippen molar-refractivity contribution in [1.29, 1.82) is 0 Å². The molecule has 0 aliphatic carbocycles. The molecule has 3 heteroatoms. The first kappa shape index (κ1) is 13.9. The van der Waals surface area contributed by atoms with Crippen LogP contribution in [0.15, 0.2) is 22.7 Å². The van der Waals surface area contributed by atoms with Crippen LogP contribution in [0, 0.1) is 0 Å². The maximum atomic E-state index is 3.70. The molecule has 1 heterocycles. The second-order valence-corrected chi connectivity index (χ2v) is 6.35. The van der Waals surface area contributed by atoms with E-state index < -0.39 is 0 Å². The lowest BCUT2D eigenvalue weighted by atomic mass is 10.1. The average Bonchev–Trinajstić information content (AvgIpc) is 2.73. The van der Waals surface area contributed by atoms with E-state index in [1.165, 1.54) is 35.1 Å². The van der Waals surface area contributed by atoms with Crippen LogP contribution in [-0.2, 0) is 6.54 Å². The molecule has 18 heavy (non-hydrogen) atoms. The molecule has 1 N–H and O–H groups in total. The molecule has 0 aromatic heterocycles. The molecule has 2 nitrogen and oxygen atoms in total. The molecular formula is C15H23BrN2. The Bertz CT molecular complexity index is 403. The van der Waals surface area contributed by atoms with Gasteiger partial charge in [0, 0.05) is 35.3 Å². The standard InChI is InChI=1S/C15H23BrN2/c1-11(2)17-10-13-6-7-14(9-15(13)16)18-8-4-5-12(18)3/h6-7,9,11-12,17H,4-5,8,10H2,1-3H3. The third kappa shape index (κ3) is 3.27. The fourth-order valence-electron chi connectivity index (χ4n) is 2.49. The molecule has 0 radical (unpaired) electrons. The minimum atomic E-state index is 0.523. The first-order valence-electron chi connectivity index (χ1n) is 6.86. The quantitative estimate of drug-likeness (QED) is 0.906. The van der Waals surface area contributed by atoms with Gasteiger partial charge in [0.25, 0.3) is 0 Å². The van der Waals surface area contributed by atoms with E-state index in [9.17, 15) is 0 Å². The van der Waals surface area contributed by atoms with E-state index in [-0.39, 0.29) is 0 Å². The van der Waals surface area contributed by atoms with E-state index in [2.05, 4.69) is 65.1 Å². The van der Waals surface area contributed by atoms with Gasteiger partial charge in [0.2, 0.25) is 0 Å². The zero-order valence-electron chi connectivity index (χ0n) is 11.5. The van der Waals surface area contributed by atoms with Gasteiger partial charge in [-0.15, -0.1) is 0 Å². The van der Waals surface area contributed by atoms with Gasteiger partial charge in [0.15, 0.2) is 0 Å². The summed E-state index contributed by atoms with van der Waals surface area (Å²) in [4.78, 5) is 2.50. The van der Waals surface area contributed by atoms with Crippen LogP contribution in [0.3, 0.4) is 0 Å². The smallest absolute Gasteiger partial charge is 0.0380 e. The summed E-state index contributed by atoms with van der Waals surface area (Å²) in [5.41, 5.74) is 2.68. The number of anilines is 1. The highest BCUT2D eigenvalue weighted by Gasteiger charge is 2.20. The summed E-state index contributed by atoms with van der Waals surface area (Å²) in [5, 5.41) is 3.46. The van der Waals surface area contributed by atoms with Gasteiger partial charge in [0.05, 0.1) is 0 Å². The molecule has 100 valence electrons. The highest BCUT2D eigenvalue weighted by molar-refractivity contribution is 9.10. The third-order valence-corrected chi connectivity index (χ3v) is 4.36. The van der Waals surface area contributed by atoms with E-state index in [1.54, 1.807) is 0 Å². The summed E-state index contributed by atoms with van der Waals surface area (Å²) in [6.07, 6.45) is 2.63. The fourth-order valence-corrected chi connectivity index (χ4v) is 3.00. The molecule has 1 aliphatic heterocycles. The minimum Gasteiger partial charge on any atom is -0.369 e. The Morgan fingerprint density at radius 1 is 1.44 bits per heavy atom. The van der Waals surface area contributed by atoms with Crippen molar-refractivity contribution in [3.05, 3.63) is 28.2 Å². The van der Waals surface area contributed by atoms with Gasteiger partial charge in [0.1, 0.15) is 0 Å². The van der Waals surface area contributed by atoms with Crippen molar-refractivity contribution in [3.8, 4) is 0 Å². The molecule has 1 aromatic rings. The van der Waals surface area contributed by atoms with Crippen LogP contribution in [0.5, 0.6) is 0 Å². The number of hydrogen-bond donors (Lipinski definition) is 1. The van der Waals surface area contributed by atoms with Gasteiger partial charge in [-0.3, -0.25) is 0 Å². The van der Waals surface area contributed by atoms with Crippen LogP contribution in [0.4, 0.5) is 5.69 Å². The molecule has 1 fully saturated rings. The van der Waals surface area contributed by atoms with Crippen molar-refractivity contribution < 1.29 is 0 Å². The third-order valence-electron chi connectivity index (χ3n) is 3.62. The summed E-state index contributed by atoms with van der Waals surface area (Å²) in [5.74, 6) is 0. The van der Waals surface area contributed by atoms with Crippen molar-refractivity contribution in [1.82, 2.24) is 5.32 Å². The number of benzene rings is 1. The Kier molecular flexibility index (Phi) is 4.68. The number of halogens is 1. The summed E-state index contributed by atoms with van der Waals surface area (Å²) in [7, 11) is 0. The number of nitrogens with one attached hydrogen (secondary N) is 1. The molecule has 0 amide bonds. The molecule has 0 saturated carbocycles.